The van der Waals surface area contributed by atoms with Gasteiger partial charge in [0, 0.05) is 26.1 Å². The molecule has 1 N–H and O–H groups in total. The normalized spacial score (nSPS) is 25.4. The van der Waals surface area contributed by atoms with Gasteiger partial charge in [-0.15, -0.1) is 0 Å². The first kappa shape index (κ1) is 17.2. The zero-order valence-electron chi connectivity index (χ0n) is 13.8. The van der Waals surface area contributed by atoms with Gasteiger partial charge >= 0.3 is 5.97 Å². The predicted molar refractivity (Wildman–Crippen MR) is 84.7 cm³/mol. The van der Waals surface area contributed by atoms with Crippen LogP contribution >= 0.6 is 0 Å². The largest absolute Gasteiger partial charge is 0.480 e. The van der Waals surface area contributed by atoms with E-state index in [9.17, 15) is 14.7 Å². The Hall–Kier alpha value is -1.14. The highest BCUT2D eigenvalue weighted by atomic mass is 16.4. The van der Waals surface area contributed by atoms with Gasteiger partial charge in [0.05, 0.1) is 0 Å². The molecule has 22 heavy (non-hydrogen) atoms. The average Bonchev–Trinajstić information content (AvgIpc) is 2.49. The van der Waals surface area contributed by atoms with E-state index in [2.05, 4.69) is 11.8 Å². The van der Waals surface area contributed by atoms with Gasteiger partial charge in [-0.2, -0.15) is 0 Å². The lowest BCUT2D eigenvalue weighted by Crippen LogP contribution is -2.56. The van der Waals surface area contributed by atoms with E-state index in [1.165, 1.54) is 6.42 Å². The Kier molecular flexibility index (Phi) is 6.20. The summed E-state index contributed by atoms with van der Waals surface area (Å²) in [4.78, 5) is 29.7. The lowest BCUT2D eigenvalue weighted by Gasteiger charge is -2.38. The van der Waals surface area contributed by atoms with Crippen molar-refractivity contribution in [3.8, 4) is 0 Å². The monoisotopic (exact) mass is 311 g/mol. The quantitative estimate of drug-likeness (QED) is 0.811. The highest BCUT2D eigenvalue weighted by molar-refractivity contribution is 5.79. The maximum absolute atomic E-state index is 12.4. The standard InChI is InChI=1S/C16H29N3O3/c1-3-6-18-7-4-13(5-8-18)11-15(20)19-10-9-17(2)14(12-19)16(21)22/h13-14H,3-12H2,1-2H3,(H,21,22). The van der Waals surface area contributed by atoms with E-state index in [0.29, 0.717) is 32.0 Å². The minimum absolute atomic E-state index is 0.133. The fourth-order valence-electron chi connectivity index (χ4n) is 3.47. The van der Waals surface area contributed by atoms with E-state index in [4.69, 9.17) is 0 Å². The molecule has 0 bridgehead atoms. The third-order valence-electron chi connectivity index (χ3n) is 5.00. The number of likely N-dealkylation sites (tertiary alicyclic amines) is 1. The molecule has 2 rings (SSSR count). The summed E-state index contributed by atoms with van der Waals surface area (Å²) >= 11 is 0. The molecular weight excluding hydrogens is 282 g/mol. The first-order valence-electron chi connectivity index (χ1n) is 8.44. The van der Waals surface area contributed by atoms with Gasteiger partial charge in [-0.25, -0.2) is 0 Å². The molecule has 6 heteroatoms. The Morgan fingerprint density at radius 2 is 1.82 bits per heavy atom. The molecule has 0 saturated carbocycles. The SMILES string of the molecule is CCCN1CCC(CC(=O)N2CCN(C)C(C(=O)O)C2)CC1. The van der Waals surface area contributed by atoms with Crippen molar-refractivity contribution in [2.75, 3.05) is 46.3 Å². The summed E-state index contributed by atoms with van der Waals surface area (Å²) in [6.07, 6.45) is 3.93. The molecule has 2 fully saturated rings. The van der Waals surface area contributed by atoms with Crippen molar-refractivity contribution in [1.82, 2.24) is 14.7 Å². The molecule has 2 heterocycles. The van der Waals surface area contributed by atoms with Crippen molar-refractivity contribution in [3.05, 3.63) is 0 Å². The van der Waals surface area contributed by atoms with E-state index in [-0.39, 0.29) is 5.91 Å². The number of carboxylic acids is 1. The number of nitrogens with zero attached hydrogens (tertiary/aromatic N) is 3. The molecule has 0 radical (unpaired) electrons. The zero-order valence-corrected chi connectivity index (χ0v) is 13.8. The van der Waals surface area contributed by atoms with Crippen LogP contribution in [0.15, 0.2) is 0 Å². The molecule has 2 aliphatic rings. The number of carbonyl (C=O) groups is 2. The number of amides is 1. The second-order valence-electron chi connectivity index (χ2n) is 6.66. The third-order valence-corrected chi connectivity index (χ3v) is 5.00. The van der Waals surface area contributed by atoms with Crippen molar-refractivity contribution >= 4 is 11.9 Å². The van der Waals surface area contributed by atoms with Crippen LogP contribution in [0.25, 0.3) is 0 Å². The van der Waals surface area contributed by atoms with E-state index in [1.54, 1.807) is 4.90 Å². The van der Waals surface area contributed by atoms with Gasteiger partial charge in [0.2, 0.25) is 5.91 Å². The van der Waals surface area contributed by atoms with Crippen LogP contribution in [0.3, 0.4) is 0 Å². The second kappa shape index (κ2) is 7.92. The summed E-state index contributed by atoms with van der Waals surface area (Å²) < 4.78 is 0. The number of hydrogen-bond acceptors (Lipinski definition) is 4. The van der Waals surface area contributed by atoms with Gasteiger partial charge in [0.25, 0.3) is 0 Å². The summed E-state index contributed by atoms with van der Waals surface area (Å²) in [5.74, 6) is -0.246. The molecule has 0 aromatic heterocycles. The van der Waals surface area contributed by atoms with Crippen LogP contribution in [0.2, 0.25) is 0 Å². The summed E-state index contributed by atoms with van der Waals surface area (Å²) in [6.45, 7) is 7.13. The van der Waals surface area contributed by atoms with E-state index in [1.807, 2.05) is 11.9 Å². The third kappa shape index (κ3) is 4.43. The average molecular weight is 311 g/mol. The van der Waals surface area contributed by atoms with E-state index < -0.39 is 12.0 Å². The lowest BCUT2D eigenvalue weighted by molar-refractivity contribution is -0.148. The molecule has 2 saturated heterocycles. The maximum Gasteiger partial charge on any atom is 0.322 e. The van der Waals surface area contributed by atoms with Gasteiger partial charge < -0.3 is 14.9 Å². The van der Waals surface area contributed by atoms with Gasteiger partial charge in [0.15, 0.2) is 0 Å². The minimum atomic E-state index is -0.840. The van der Waals surface area contributed by atoms with Crippen LogP contribution in [0.1, 0.15) is 32.6 Å². The number of hydrogen-bond donors (Lipinski definition) is 1. The van der Waals surface area contributed by atoms with Crippen molar-refractivity contribution in [3.63, 3.8) is 0 Å². The van der Waals surface area contributed by atoms with Gasteiger partial charge in [0.1, 0.15) is 6.04 Å². The molecule has 0 aliphatic carbocycles. The smallest absolute Gasteiger partial charge is 0.322 e. The first-order valence-corrected chi connectivity index (χ1v) is 8.44. The molecule has 0 aromatic rings. The highest BCUT2D eigenvalue weighted by Gasteiger charge is 2.33. The number of likely N-dealkylation sites (N-methyl/N-ethyl adjacent to an activating group) is 1. The van der Waals surface area contributed by atoms with Crippen LogP contribution < -0.4 is 0 Å². The van der Waals surface area contributed by atoms with Crippen LogP contribution in [0.5, 0.6) is 0 Å². The van der Waals surface area contributed by atoms with Crippen molar-refractivity contribution < 1.29 is 14.7 Å². The van der Waals surface area contributed by atoms with Crippen LogP contribution in [-0.4, -0.2) is 84.0 Å². The molecule has 2 aliphatic heterocycles. The predicted octanol–water partition coefficient (Wildman–Crippen LogP) is 0.726. The van der Waals surface area contributed by atoms with Crippen LogP contribution in [0.4, 0.5) is 0 Å². The van der Waals surface area contributed by atoms with E-state index >= 15 is 0 Å². The maximum atomic E-state index is 12.4. The lowest BCUT2D eigenvalue weighted by atomic mass is 9.92. The van der Waals surface area contributed by atoms with Crippen LogP contribution in [-0.2, 0) is 9.59 Å². The van der Waals surface area contributed by atoms with Crippen molar-refractivity contribution in [1.29, 1.82) is 0 Å². The van der Waals surface area contributed by atoms with Crippen molar-refractivity contribution in [2.45, 2.75) is 38.6 Å². The number of piperazine rings is 1. The van der Waals surface area contributed by atoms with Gasteiger partial charge in [-0.3, -0.25) is 14.5 Å². The summed E-state index contributed by atoms with van der Waals surface area (Å²) in [5.41, 5.74) is 0. The Bertz CT molecular complexity index is 394. The summed E-state index contributed by atoms with van der Waals surface area (Å²) in [7, 11) is 1.81. The van der Waals surface area contributed by atoms with Gasteiger partial charge in [-0.05, 0) is 51.9 Å². The molecular formula is C16H29N3O3. The first-order chi connectivity index (χ1) is 10.5. The minimum Gasteiger partial charge on any atom is -0.480 e. The number of carboxylic acid groups (broad SMARTS) is 1. The Balaban J connectivity index is 1.79. The number of rotatable bonds is 5. The Morgan fingerprint density at radius 1 is 1.14 bits per heavy atom. The highest BCUT2D eigenvalue weighted by Crippen LogP contribution is 2.22. The summed E-state index contributed by atoms with van der Waals surface area (Å²) in [5, 5.41) is 9.22. The Labute approximate surface area is 133 Å². The zero-order chi connectivity index (χ0) is 16.1. The molecule has 1 unspecified atom stereocenters. The molecule has 0 aromatic carbocycles. The number of carbonyl (C=O) groups excluding carboxylic acids is 1. The molecule has 6 nitrogen and oxygen atoms in total. The van der Waals surface area contributed by atoms with Gasteiger partial charge in [-0.1, -0.05) is 6.92 Å². The summed E-state index contributed by atoms with van der Waals surface area (Å²) in [6, 6.07) is -0.566. The topological polar surface area (TPSA) is 64.1 Å². The second-order valence-corrected chi connectivity index (χ2v) is 6.66. The molecule has 126 valence electrons. The van der Waals surface area contributed by atoms with E-state index in [0.717, 1.165) is 32.5 Å². The molecule has 1 amide bonds. The van der Waals surface area contributed by atoms with Crippen molar-refractivity contribution in [2.24, 2.45) is 5.92 Å². The Morgan fingerprint density at radius 3 is 2.41 bits per heavy atom. The number of piperidine rings is 1. The fraction of sp³-hybridized carbons (Fsp3) is 0.875. The number of aliphatic carboxylic acids is 1. The molecule has 0 spiro atoms. The fourth-order valence-corrected chi connectivity index (χ4v) is 3.47. The molecule has 1 atom stereocenters. The van der Waals surface area contributed by atoms with Crippen LogP contribution in [0, 0.1) is 5.92 Å².